The van der Waals surface area contributed by atoms with E-state index in [1.807, 2.05) is 13.8 Å². The van der Waals surface area contributed by atoms with Gasteiger partial charge >= 0.3 is 0 Å². The molecule has 108 valence electrons. The standard InChI is InChI=1S/C14H25N3O2/c1-9(2)7-12(8-18)15-14(19)6-5-13-10(3)16-17-11(13)4/h9,12,18H,5-8H2,1-4H3,(H,15,19)(H,16,17). The summed E-state index contributed by atoms with van der Waals surface area (Å²) in [6, 6.07) is -0.140. The lowest BCUT2D eigenvalue weighted by Crippen LogP contribution is -2.38. The van der Waals surface area contributed by atoms with Crippen molar-refractivity contribution in [2.24, 2.45) is 5.92 Å². The van der Waals surface area contributed by atoms with E-state index in [2.05, 4.69) is 29.4 Å². The smallest absolute Gasteiger partial charge is 0.220 e. The summed E-state index contributed by atoms with van der Waals surface area (Å²) < 4.78 is 0. The predicted octanol–water partition coefficient (Wildman–Crippen LogP) is 1.48. The number of H-pyrrole nitrogens is 1. The zero-order valence-electron chi connectivity index (χ0n) is 12.3. The highest BCUT2D eigenvalue weighted by atomic mass is 16.3. The maximum Gasteiger partial charge on any atom is 0.220 e. The summed E-state index contributed by atoms with van der Waals surface area (Å²) in [5.41, 5.74) is 3.08. The molecule has 1 atom stereocenters. The molecule has 0 spiro atoms. The predicted molar refractivity (Wildman–Crippen MR) is 74.9 cm³/mol. The zero-order valence-corrected chi connectivity index (χ0v) is 12.3. The molecule has 1 amide bonds. The van der Waals surface area contributed by atoms with Gasteiger partial charge in [-0.1, -0.05) is 13.8 Å². The second-order valence-electron chi connectivity index (χ2n) is 5.49. The molecule has 19 heavy (non-hydrogen) atoms. The van der Waals surface area contributed by atoms with E-state index in [1.165, 1.54) is 0 Å². The number of nitrogens with one attached hydrogen (secondary N) is 2. The maximum absolute atomic E-state index is 11.9. The van der Waals surface area contributed by atoms with Crippen molar-refractivity contribution in [3.8, 4) is 0 Å². The molecule has 0 radical (unpaired) electrons. The van der Waals surface area contributed by atoms with Crippen LogP contribution in [-0.2, 0) is 11.2 Å². The lowest BCUT2D eigenvalue weighted by Gasteiger charge is -2.18. The first-order valence-corrected chi connectivity index (χ1v) is 6.84. The van der Waals surface area contributed by atoms with Gasteiger partial charge in [0, 0.05) is 12.1 Å². The molecular weight excluding hydrogens is 242 g/mol. The minimum atomic E-state index is -0.140. The summed E-state index contributed by atoms with van der Waals surface area (Å²) >= 11 is 0. The third-order valence-electron chi connectivity index (χ3n) is 3.22. The molecule has 1 heterocycles. The van der Waals surface area contributed by atoms with Crippen LogP contribution in [-0.4, -0.2) is 33.9 Å². The van der Waals surface area contributed by atoms with Crippen molar-refractivity contribution in [1.29, 1.82) is 0 Å². The minimum absolute atomic E-state index is 0.00626. The van der Waals surface area contributed by atoms with E-state index in [4.69, 9.17) is 0 Å². The second kappa shape index (κ2) is 7.28. The molecule has 0 aromatic carbocycles. The number of aliphatic hydroxyl groups is 1. The second-order valence-corrected chi connectivity index (χ2v) is 5.49. The van der Waals surface area contributed by atoms with Gasteiger partial charge in [-0.25, -0.2) is 0 Å². The lowest BCUT2D eigenvalue weighted by molar-refractivity contribution is -0.122. The van der Waals surface area contributed by atoms with Crippen molar-refractivity contribution in [3.05, 3.63) is 17.0 Å². The summed E-state index contributed by atoms with van der Waals surface area (Å²) in [6.45, 7) is 8.04. The van der Waals surface area contributed by atoms with E-state index < -0.39 is 0 Å². The lowest BCUT2D eigenvalue weighted by atomic mass is 10.0. The Morgan fingerprint density at radius 2 is 2.11 bits per heavy atom. The normalized spacial score (nSPS) is 12.7. The summed E-state index contributed by atoms with van der Waals surface area (Å²) in [6.07, 6.45) is 1.90. The van der Waals surface area contributed by atoms with Gasteiger partial charge in [0.1, 0.15) is 0 Å². The number of hydrogen-bond donors (Lipinski definition) is 3. The van der Waals surface area contributed by atoms with Crippen LogP contribution >= 0.6 is 0 Å². The van der Waals surface area contributed by atoms with E-state index in [1.54, 1.807) is 0 Å². The third kappa shape index (κ3) is 5.03. The number of aromatic nitrogens is 2. The number of aliphatic hydroxyl groups excluding tert-OH is 1. The van der Waals surface area contributed by atoms with E-state index in [-0.39, 0.29) is 18.6 Å². The van der Waals surface area contributed by atoms with Crippen LogP contribution < -0.4 is 5.32 Å². The Bertz CT molecular complexity index is 393. The Morgan fingerprint density at radius 3 is 2.58 bits per heavy atom. The largest absolute Gasteiger partial charge is 0.394 e. The minimum Gasteiger partial charge on any atom is -0.394 e. The molecule has 0 saturated carbocycles. The molecule has 5 nitrogen and oxygen atoms in total. The quantitative estimate of drug-likeness (QED) is 0.700. The molecule has 0 fully saturated rings. The van der Waals surface area contributed by atoms with Crippen LogP contribution in [0.5, 0.6) is 0 Å². The molecule has 5 heteroatoms. The van der Waals surface area contributed by atoms with Crippen LogP contribution in [0.1, 0.15) is 43.6 Å². The van der Waals surface area contributed by atoms with Gasteiger partial charge in [-0.05, 0) is 38.2 Å². The number of hydrogen-bond acceptors (Lipinski definition) is 3. The average Bonchev–Trinajstić information content (AvgIpc) is 2.65. The van der Waals surface area contributed by atoms with Gasteiger partial charge in [0.05, 0.1) is 18.3 Å². The van der Waals surface area contributed by atoms with Crippen LogP contribution in [0.2, 0.25) is 0 Å². The Kier molecular flexibility index (Phi) is 6.02. The average molecular weight is 267 g/mol. The molecule has 3 N–H and O–H groups in total. The van der Waals surface area contributed by atoms with Gasteiger partial charge in [-0.2, -0.15) is 5.10 Å². The van der Waals surface area contributed by atoms with Gasteiger partial charge in [-0.3, -0.25) is 9.89 Å². The van der Waals surface area contributed by atoms with Crippen LogP contribution in [0.4, 0.5) is 0 Å². The first-order valence-electron chi connectivity index (χ1n) is 6.84. The highest BCUT2D eigenvalue weighted by molar-refractivity contribution is 5.76. The summed E-state index contributed by atoms with van der Waals surface area (Å²) in [7, 11) is 0. The van der Waals surface area contributed by atoms with Crippen molar-refractivity contribution in [3.63, 3.8) is 0 Å². The summed E-state index contributed by atoms with van der Waals surface area (Å²) in [5.74, 6) is 0.440. The number of rotatable bonds is 7. The van der Waals surface area contributed by atoms with Gasteiger partial charge in [0.15, 0.2) is 0 Å². The van der Waals surface area contributed by atoms with Crippen molar-refractivity contribution < 1.29 is 9.90 Å². The van der Waals surface area contributed by atoms with Crippen molar-refractivity contribution in [1.82, 2.24) is 15.5 Å². The molecule has 0 aliphatic carbocycles. The van der Waals surface area contributed by atoms with E-state index in [9.17, 15) is 9.90 Å². The Labute approximate surface area is 114 Å². The summed E-state index contributed by atoms with van der Waals surface area (Å²) in [5, 5.41) is 19.1. The van der Waals surface area contributed by atoms with E-state index in [0.717, 1.165) is 23.4 Å². The first kappa shape index (κ1) is 15.7. The fourth-order valence-corrected chi connectivity index (χ4v) is 2.23. The molecular formula is C14H25N3O2. The van der Waals surface area contributed by atoms with Gasteiger partial charge in [0.2, 0.25) is 5.91 Å². The molecule has 1 rings (SSSR count). The van der Waals surface area contributed by atoms with E-state index in [0.29, 0.717) is 18.8 Å². The van der Waals surface area contributed by atoms with Crippen molar-refractivity contribution in [2.75, 3.05) is 6.61 Å². The molecule has 0 saturated heterocycles. The van der Waals surface area contributed by atoms with Crippen molar-refractivity contribution >= 4 is 5.91 Å². The molecule has 0 aliphatic rings. The summed E-state index contributed by atoms with van der Waals surface area (Å²) in [4.78, 5) is 11.9. The number of amides is 1. The highest BCUT2D eigenvalue weighted by Gasteiger charge is 2.14. The van der Waals surface area contributed by atoms with Gasteiger partial charge in [-0.15, -0.1) is 0 Å². The third-order valence-corrected chi connectivity index (χ3v) is 3.22. The van der Waals surface area contributed by atoms with Crippen LogP contribution in [0.3, 0.4) is 0 Å². The highest BCUT2D eigenvalue weighted by Crippen LogP contribution is 2.12. The fraction of sp³-hybridized carbons (Fsp3) is 0.714. The number of carbonyl (C=O) groups is 1. The molecule has 1 aromatic rings. The number of aromatic amines is 1. The van der Waals surface area contributed by atoms with E-state index >= 15 is 0 Å². The van der Waals surface area contributed by atoms with Gasteiger partial charge in [0.25, 0.3) is 0 Å². The molecule has 1 aromatic heterocycles. The molecule has 0 aliphatic heterocycles. The van der Waals surface area contributed by atoms with Crippen LogP contribution in [0.25, 0.3) is 0 Å². The van der Waals surface area contributed by atoms with Crippen molar-refractivity contribution in [2.45, 2.75) is 53.0 Å². The van der Waals surface area contributed by atoms with Crippen LogP contribution in [0.15, 0.2) is 0 Å². The monoisotopic (exact) mass is 267 g/mol. The van der Waals surface area contributed by atoms with Gasteiger partial charge < -0.3 is 10.4 Å². The number of carbonyl (C=O) groups excluding carboxylic acids is 1. The molecule has 0 bridgehead atoms. The first-order chi connectivity index (χ1) is 8.93. The number of nitrogens with zero attached hydrogens (tertiary/aromatic N) is 1. The fourth-order valence-electron chi connectivity index (χ4n) is 2.23. The number of aryl methyl sites for hydroxylation is 2. The Morgan fingerprint density at radius 1 is 1.42 bits per heavy atom. The Hall–Kier alpha value is -1.36. The maximum atomic E-state index is 11.9. The zero-order chi connectivity index (χ0) is 14.4. The topological polar surface area (TPSA) is 78.0 Å². The SMILES string of the molecule is Cc1n[nH]c(C)c1CCC(=O)NC(CO)CC(C)C. The molecule has 1 unspecified atom stereocenters. The Balaban J connectivity index is 2.43. The van der Waals surface area contributed by atoms with Crippen LogP contribution in [0, 0.1) is 19.8 Å².